The van der Waals surface area contributed by atoms with Crippen LogP contribution >= 0.6 is 12.2 Å². The van der Waals surface area contributed by atoms with Crippen LogP contribution in [0.15, 0.2) is 51.9 Å². The molecule has 1 fully saturated rings. The Bertz CT molecular complexity index is 1020. The molecule has 2 N–H and O–H groups in total. The molecule has 5 nitrogen and oxygen atoms in total. The third-order valence-electron chi connectivity index (χ3n) is 5.44. The number of rotatable bonds is 5. The fourth-order valence-corrected chi connectivity index (χ4v) is 4.21. The predicted molar refractivity (Wildman–Crippen MR) is 115 cm³/mol. The highest BCUT2D eigenvalue weighted by Gasteiger charge is 2.25. The molecule has 1 aliphatic carbocycles. The molecule has 0 bridgehead atoms. The third kappa shape index (κ3) is 4.12. The maximum Gasteiger partial charge on any atom is 0.253 e. The van der Waals surface area contributed by atoms with Crippen LogP contribution in [0.4, 0.5) is 0 Å². The molecule has 0 atom stereocenters. The number of pyridine rings is 1. The number of thiocarbonyl (C=S) groups is 1. The Morgan fingerprint density at radius 2 is 2.11 bits per heavy atom. The lowest BCUT2D eigenvalue weighted by atomic mass is 10.1. The second-order valence-electron chi connectivity index (χ2n) is 7.52. The summed E-state index contributed by atoms with van der Waals surface area (Å²) in [5.74, 6) is 0.840. The highest BCUT2D eigenvalue weighted by molar-refractivity contribution is 7.80. The molecule has 0 spiro atoms. The molecule has 146 valence electrons. The zero-order chi connectivity index (χ0) is 19.5. The van der Waals surface area contributed by atoms with Gasteiger partial charge >= 0.3 is 0 Å². The van der Waals surface area contributed by atoms with Gasteiger partial charge in [0.05, 0.1) is 19.4 Å². The summed E-state index contributed by atoms with van der Waals surface area (Å²) < 4.78 is 5.39. The summed E-state index contributed by atoms with van der Waals surface area (Å²) in [6.45, 7) is 3.08. The molecule has 0 amide bonds. The first-order valence-electron chi connectivity index (χ1n) is 9.79. The maximum absolute atomic E-state index is 12.7. The van der Waals surface area contributed by atoms with Gasteiger partial charge in [0.2, 0.25) is 0 Å². The van der Waals surface area contributed by atoms with Crippen LogP contribution in [0.5, 0.6) is 0 Å². The Kier molecular flexibility index (Phi) is 5.48. The zero-order valence-electron chi connectivity index (χ0n) is 16.0. The number of aromatic nitrogens is 1. The molecule has 4 rings (SSSR count). The number of nitrogens with one attached hydrogen (secondary N) is 2. The number of aromatic amines is 1. The van der Waals surface area contributed by atoms with Gasteiger partial charge in [-0.05, 0) is 67.2 Å². The molecule has 0 saturated heterocycles. The molecule has 2 aromatic heterocycles. The fourth-order valence-electron chi connectivity index (χ4n) is 3.92. The molecule has 3 aromatic rings. The average Bonchev–Trinajstić information content (AvgIpc) is 3.38. The predicted octanol–water partition coefficient (Wildman–Crippen LogP) is 4.25. The van der Waals surface area contributed by atoms with E-state index in [4.69, 9.17) is 16.6 Å². The van der Waals surface area contributed by atoms with Crippen molar-refractivity contribution >= 4 is 28.2 Å². The Labute approximate surface area is 169 Å². The minimum absolute atomic E-state index is 0.0464. The van der Waals surface area contributed by atoms with Gasteiger partial charge in [0.1, 0.15) is 5.76 Å². The molecule has 0 radical (unpaired) electrons. The summed E-state index contributed by atoms with van der Waals surface area (Å²) in [5, 5.41) is 5.01. The lowest BCUT2D eigenvalue weighted by Gasteiger charge is -2.31. The average molecular weight is 396 g/mol. The van der Waals surface area contributed by atoms with Gasteiger partial charge in [0, 0.05) is 17.1 Å². The molecular weight excluding hydrogens is 370 g/mol. The first kappa shape index (κ1) is 18.7. The van der Waals surface area contributed by atoms with Crippen molar-refractivity contribution in [1.29, 1.82) is 0 Å². The smallest absolute Gasteiger partial charge is 0.253 e. The second-order valence-corrected chi connectivity index (χ2v) is 7.91. The van der Waals surface area contributed by atoms with Gasteiger partial charge in [0.25, 0.3) is 5.56 Å². The Morgan fingerprint density at radius 3 is 2.86 bits per heavy atom. The first-order chi connectivity index (χ1) is 13.6. The van der Waals surface area contributed by atoms with Crippen molar-refractivity contribution < 1.29 is 4.42 Å². The van der Waals surface area contributed by atoms with Gasteiger partial charge < -0.3 is 19.6 Å². The quantitative estimate of drug-likeness (QED) is 0.633. The maximum atomic E-state index is 12.7. The van der Waals surface area contributed by atoms with Gasteiger partial charge in [-0.1, -0.05) is 25.0 Å². The largest absolute Gasteiger partial charge is 0.467 e. The number of aryl methyl sites for hydroxylation is 1. The van der Waals surface area contributed by atoms with E-state index in [9.17, 15) is 4.79 Å². The van der Waals surface area contributed by atoms with Crippen molar-refractivity contribution in [2.24, 2.45) is 0 Å². The van der Waals surface area contributed by atoms with Crippen LogP contribution < -0.4 is 10.9 Å². The van der Waals surface area contributed by atoms with Crippen molar-refractivity contribution in [1.82, 2.24) is 15.2 Å². The van der Waals surface area contributed by atoms with Gasteiger partial charge in [-0.25, -0.2) is 0 Å². The number of hydrogen-bond donors (Lipinski definition) is 2. The summed E-state index contributed by atoms with van der Waals surface area (Å²) in [5.41, 5.74) is 2.70. The Balaban J connectivity index is 1.57. The molecule has 28 heavy (non-hydrogen) atoms. The van der Waals surface area contributed by atoms with Crippen LogP contribution in [0, 0.1) is 6.92 Å². The summed E-state index contributed by atoms with van der Waals surface area (Å²) in [7, 11) is 0. The van der Waals surface area contributed by atoms with Crippen molar-refractivity contribution in [3.8, 4) is 0 Å². The van der Waals surface area contributed by atoms with E-state index in [1.165, 1.54) is 12.8 Å². The summed E-state index contributed by atoms with van der Waals surface area (Å²) in [6, 6.07) is 12.3. The lowest BCUT2D eigenvalue weighted by Crippen LogP contribution is -2.45. The molecule has 0 unspecified atom stereocenters. The molecule has 0 aliphatic heterocycles. The van der Waals surface area contributed by atoms with Gasteiger partial charge in [-0.15, -0.1) is 0 Å². The molecule has 1 aromatic carbocycles. The van der Waals surface area contributed by atoms with Crippen molar-refractivity contribution in [2.45, 2.75) is 51.7 Å². The Hall–Kier alpha value is -2.60. The van der Waals surface area contributed by atoms with Gasteiger partial charge in [0.15, 0.2) is 5.11 Å². The summed E-state index contributed by atoms with van der Waals surface area (Å²) in [6.07, 6.45) is 6.27. The van der Waals surface area contributed by atoms with Crippen molar-refractivity contribution in [2.75, 3.05) is 0 Å². The number of benzene rings is 1. The highest BCUT2D eigenvalue weighted by Crippen LogP contribution is 2.25. The van der Waals surface area contributed by atoms with Crippen LogP contribution in [0.2, 0.25) is 0 Å². The third-order valence-corrected chi connectivity index (χ3v) is 5.82. The Morgan fingerprint density at radius 1 is 1.29 bits per heavy atom. The van der Waals surface area contributed by atoms with Crippen LogP contribution in [0.25, 0.3) is 10.9 Å². The highest BCUT2D eigenvalue weighted by atomic mass is 32.1. The molecule has 6 heteroatoms. The molecule has 2 heterocycles. The molecule has 1 saturated carbocycles. The van der Waals surface area contributed by atoms with E-state index in [1.54, 1.807) is 6.26 Å². The number of fused-ring (bicyclic) bond motifs is 1. The van der Waals surface area contributed by atoms with E-state index in [1.807, 2.05) is 31.2 Å². The van der Waals surface area contributed by atoms with Crippen molar-refractivity contribution in [3.63, 3.8) is 0 Å². The van der Waals surface area contributed by atoms with E-state index in [0.29, 0.717) is 24.2 Å². The number of hydrogen-bond acceptors (Lipinski definition) is 3. The normalized spacial score (nSPS) is 14.5. The molecule has 1 aliphatic rings. The standard InChI is InChI=1S/C22H25N3O2S/c1-15-8-9-16-12-17(21(26)24-20(16)11-15)14-25(18-5-2-3-6-18)22(28)23-13-19-7-4-10-27-19/h4,7-12,18H,2-3,5-6,13-14H2,1H3,(H,23,28)(H,24,26). The van der Waals surface area contributed by atoms with E-state index in [0.717, 1.165) is 40.6 Å². The lowest BCUT2D eigenvalue weighted by molar-refractivity contribution is 0.301. The van der Waals surface area contributed by atoms with E-state index < -0.39 is 0 Å². The van der Waals surface area contributed by atoms with E-state index in [-0.39, 0.29) is 5.56 Å². The van der Waals surface area contributed by atoms with E-state index in [2.05, 4.69) is 27.3 Å². The van der Waals surface area contributed by atoms with Crippen LogP contribution in [-0.4, -0.2) is 21.0 Å². The van der Waals surface area contributed by atoms with Crippen LogP contribution in [0.1, 0.15) is 42.6 Å². The van der Waals surface area contributed by atoms with Crippen LogP contribution in [-0.2, 0) is 13.1 Å². The number of nitrogens with zero attached hydrogens (tertiary/aromatic N) is 1. The van der Waals surface area contributed by atoms with Gasteiger partial charge in [-0.3, -0.25) is 4.79 Å². The van der Waals surface area contributed by atoms with Crippen molar-refractivity contribution in [3.05, 3.63) is 69.9 Å². The zero-order valence-corrected chi connectivity index (χ0v) is 16.8. The summed E-state index contributed by atoms with van der Waals surface area (Å²) >= 11 is 5.70. The van der Waals surface area contributed by atoms with Crippen LogP contribution in [0.3, 0.4) is 0 Å². The SMILES string of the molecule is Cc1ccc2cc(CN(C(=S)NCc3ccco3)C3CCCC3)c(=O)[nH]c2c1. The topological polar surface area (TPSA) is 61.3 Å². The van der Waals surface area contributed by atoms with E-state index >= 15 is 0 Å². The summed E-state index contributed by atoms with van der Waals surface area (Å²) in [4.78, 5) is 17.9. The number of H-pyrrole nitrogens is 1. The first-order valence-corrected chi connectivity index (χ1v) is 10.2. The number of furan rings is 1. The monoisotopic (exact) mass is 395 g/mol. The second kappa shape index (κ2) is 8.19. The minimum Gasteiger partial charge on any atom is -0.467 e. The fraction of sp³-hybridized carbons (Fsp3) is 0.364. The van der Waals surface area contributed by atoms with Gasteiger partial charge in [-0.2, -0.15) is 0 Å². The minimum atomic E-state index is -0.0464. The molecular formula is C22H25N3O2S.